The monoisotopic (exact) mass is 322 g/mol. The van der Waals surface area contributed by atoms with E-state index >= 15 is 0 Å². The lowest BCUT2D eigenvalue weighted by Crippen LogP contribution is -2.38. The first-order valence-corrected chi connectivity index (χ1v) is 8.05. The molecule has 6 nitrogen and oxygen atoms in total. The number of oxime groups is 1. The topological polar surface area (TPSA) is 71.4 Å². The molecule has 23 heavy (non-hydrogen) atoms. The zero-order chi connectivity index (χ0) is 16.8. The predicted octanol–water partition coefficient (Wildman–Crippen LogP) is 2.22. The molecule has 0 aromatic heterocycles. The van der Waals surface area contributed by atoms with E-state index < -0.39 is 5.97 Å². The summed E-state index contributed by atoms with van der Waals surface area (Å²) in [5.74, 6) is -1.10. The third-order valence-corrected chi connectivity index (χ3v) is 4.51. The summed E-state index contributed by atoms with van der Waals surface area (Å²) in [7, 11) is 0. The Labute approximate surface area is 137 Å². The van der Waals surface area contributed by atoms with E-state index in [-0.39, 0.29) is 6.10 Å². The predicted molar refractivity (Wildman–Crippen MR) is 88.6 cm³/mol. The number of rotatable bonds is 6. The van der Waals surface area contributed by atoms with Gasteiger partial charge in [-0.3, -0.25) is 4.90 Å². The summed E-state index contributed by atoms with van der Waals surface area (Å²) in [5.41, 5.74) is 5.37. The number of carboxylic acids is 1. The van der Waals surface area contributed by atoms with Gasteiger partial charge >= 0.3 is 5.97 Å². The van der Waals surface area contributed by atoms with Gasteiger partial charge in [-0.2, -0.15) is 0 Å². The standard InChI is InChI=1S/C17H26N2O4/c1-12-8-15(11-19-4-6-22-7-5-19)16(9-13(12)2)14(3)23-18-10-17(20)21/h10,14H,4-9,11H2,1-3H3,(H,20,21). The molecule has 1 heterocycles. The van der Waals surface area contributed by atoms with E-state index in [1.807, 2.05) is 6.92 Å². The summed E-state index contributed by atoms with van der Waals surface area (Å²) in [6.45, 7) is 10.6. The van der Waals surface area contributed by atoms with E-state index in [1.54, 1.807) is 0 Å². The lowest BCUT2D eigenvalue weighted by Gasteiger charge is -2.32. The average molecular weight is 322 g/mol. The van der Waals surface area contributed by atoms with Gasteiger partial charge in [0.2, 0.25) is 0 Å². The summed E-state index contributed by atoms with van der Waals surface area (Å²) in [4.78, 5) is 18.3. The van der Waals surface area contributed by atoms with Crippen LogP contribution in [0.3, 0.4) is 0 Å². The van der Waals surface area contributed by atoms with E-state index in [9.17, 15) is 4.79 Å². The van der Waals surface area contributed by atoms with Crippen LogP contribution in [0.25, 0.3) is 0 Å². The molecule has 1 saturated heterocycles. The van der Waals surface area contributed by atoms with Crippen LogP contribution in [0.4, 0.5) is 0 Å². The van der Waals surface area contributed by atoms with E-state index in [0.29, 0.717) is 0 Å². The highest BCUT2D eigenvalue weighted by Crippen LogP contribution is 2.33. The van der Waals surface area contributed by atoms with Gasteiger partial charge in [-0.05, 0) is 44.8 Å². The Bertz CT molecular complexity index is 531. The van der Waals surface area contributed by atoms with Crippen molar-refractivity contribution >= 4 is 12.2 Å². The number of hydrogen-bond acceptors (Lipinski definition) is 5. The number of hydrogen-bond donors (Lipinski definition) is 1. The Balaban J connectivity index is 2.10. The van der Waals surface area contributed by atoms with E-state index in [2.05, 4.69) is 23.9 Å². The fourth-order valence-corrected chi connectivity index (χ4v) is 2.99. The highest BCUT2D eigenvalue weighted by molar-refractivity contribution is 6.21. The van der Waals surface area contributed by atoms with Gasteiger partial charge < -0.3 is 14.7 Å². The van der Waals surface area contributed by atoms with Crippen LogP contribution in [-0.4, -0.2) is 61.1 Å². The van der Waals surface area contributed by atoms with Crippen LogP contribution in [0.2, 0.25) is 0 Å². The number of nitrogens with zero attached hydrogens (tertiary/aromatic N) is 2. The summed E-state index contributed by atoms with van der Waals surface area (Å²) in [5, 5.41) is 12.2. The first kappa shape index (κ1) is 17.7. The minimum Gasteiger partial charge on any atom is -0.477 e. The van der Waals surface area contributed by atoms with Crippen molar-refractivity contribution in [3.63, 3.8) is 0 Å². The van der Waals surface area contributed by atoms with Crippen LogP contribution in [0.1, 0.15) is 33.6 Å². The molecule has 1 atom stereocenters. The number of morpholine rings is 1. The SMILES string of the molecule is CC1=C(C)CC(C(C)ON=CC(=O)O)=C(CN2CCOCC2)C1. The molecular formula is C17H26N2O4. The lowest BCUT2D eigenvalue weighted by molar-refractivity contribution is -0.129. The quantitative estimate of drug-likeness (QED) is 0.461. The van der Waals surface area contributed by atoms with Crippen molar-refractivity contribution in [2.45, 2.75) is 39.7 Å². The van der Waals surface area contributed by atoms with Crippen LogP contribution in [-0.2, 0) is 14.4 Å². The molecule has 0 radical (unpaired) electrons. The van der Waals surface area contributed by atoms with Crippen molar-refractivity contribution in [3.8, 4) is 0 Å². The highest BCUT2D eigenvalue weighted by Gasteiger charge is 2.23. The average Bonchev–Trinajstić information content (AvgIpc) is 2.51. The fraction of sp³-hybridized carbons (Fsp3) is 0.647. The third-order valence-electron chi connectivity index (χ3n) is 4.51. The van der Waals surface area contributed by atoms with E-state index in [0.717, 1.165) is 51.9 Å². The largest absolute Gasteiger partial charge is 0.477 e. The Morgan fingerprint density at radius 1 is 1.35 bits per heavy atom. The molecule has 0 bridgehead atoms. The normalized spacial score (nSPS) is 21.9. The smallest absolute Gasteiger partial charge is 0.350 e. The van der Waals surface area contributed by atoms with Crippen molar-refractivity contribution in [1.82, 2.24) is 4.90 Å². The second-order valence-electron chi connectivity index (χ2n) is 6.25. The van der Waals surface area contributed by atoms with Gasteiger partial charge in [0.25, 0.3) is 0 Å². The zero-order valence-electron chi connectivity index (χ0n) is 14.2. The van der Waals surface area contributed by atoms with Gasteiger partial charge in [0, 0.05) is 19.6 Å². The molecule has 2 aliphatic rings. The number of carboxylic acid groups (broad SMARTS) is 1. The molecule has 0 aromatic rings. The van der Waals surface area contributed by atoms with Crippen molar-refractivity contribution in [2.24, 2.45) is 5.16 Å². The Morgan fingerprint density at radius 3 is 2.65 bits per heavy atom. The molecule has 1 fully saturated rings. The van der Waals surface area contributed by atoms with Gasteiger partial charge in [-0.15, -0.1) is 0 Å². The van der Waals surface area contributed by atoms with Crippen LogP contribution in [0.15, 0.2) is 27.4 Å². The first-order valence-electron chi connectivity index (χ1n) is 8.05. The van der Waals surface area contributed by atoms with Crippen molar-refractivity contribution in [2.75, 3.05) is 32.8 Å². The van der Waals surface area contributed by atoms with Gasteiger partial charge in [-0.25, -0.2) is 4.79 Å². The molecule has 6 heteroatoms. The maximum Gasteiger partial charge on any atom is 0.350 e. The van der Waals surface area contributed by atoms with Crippen molar-refractivity contribution in [3.05, 3.63) is 22.3 Å². The van der Waals surface area contributed by atoms with E-state index in [1.165, 1.54) is 22.3 Å². The van der Waals surface area contributed by atoms with Gasteiger partial charge in [-0.1, -0.05) is 16.3 Å². The molecule has 1 aliphatic carbocycles. The first-order chi connectivity index (χ1) is 11.0. The second kappa shape index (κ2) is 8.26. The second-order valence-corrected chi connectivity index (χ2v) is 6.25. The molecule has 1 N–H and O–H groups in total. The van der Waals surface area contributed by atoms with Crippen LogP contribution < -0.4 is 0 Å². The maximum absolute atomic E-state index is 10.5. The summed E-state index contributed by atoms with van der Waals surface area (Å²) in [6, 6.07) is 0. The number of carbonyl (C=O) groups is 1. The molecule has 2 rings (SSSR count). The van der Waals surface area contributed by atoms with Gasteiger partial charge in [0.1, 0.15) is 6.10 Å². The number of ether oxygens (including phenoxy) is 1. The maximum atomic E-state index is 10.5. The minimum absolute atomic E-state index is 0.218. The number of aliphatic carboxylic acids is 1. The molecule has 1 unspecified atom stereocenters. The zero-order valence-corrected chi connectivity index (χ0v) is 14.2. The Morgan fingerprint density at radius 2 is 2.00 bits per heavy atom. The molecule has 0 spiro atoms. The Hall–Kier alpha value is -1.66. The molecule has 1 aliphatic heterocycles. The molecule has 0 saturated carbocycles. The summed E-state index contributed by atoms with van der Waals surface area (Å²) in [6.07, 6.45) is 2.39. The molecule has 0 amide bonds. The lowest BCUT2D eigenvalue weighted by atomic mass is 9.85. The molecular weight excluding hydrogens is 296 g/mol. The Kier molecular flexibility index (Phi) is 6.36. The number of allylic oxidation sites excluding steroid dienone is 2. The summed E-state index contributed by atoms with van der Waals surface area (Å²) >= 11 is 0. The highest BCUT2D eigenvalue weighted by atomic mass is 16.6. The van der Waals surface area contributed by atoms with Crippen LogP contribution in [0.5, 0.6) is 0 Å². The summed E-state index contributed by atoms with van der Waals surface area (Å²) < 4.78 is 5.41. The fourth-order valence-electron chi connectivity index (χ4n) is 2.99. The van der Waals surface area contributed by atoms with Gasteiger partial charge in [0.15, 0.2) is 6.21 Å². The van der Waals surface area contributed by atoms with Crippen molar-refractivity contribution in [1.29, 1.82) is 0 Å². The molecule has 0 aromatic carbocycles. The van der Waals surface area contributed by atoms with Crippen molar-refractivity contribution < 1.29 is 19.5 Å². The molecule has 128 valence electrons. The van der Waals surface area contributed by atoms with Gasteiger partial charge in [0.05, 0.1) is 13.2 Å². The van der Waals surface area contributed by atoms with Crippen LogP contribution in [0, 0.1) is 0 Å². The minimum atomic E-state index is -1.10. The van der Waals surface area contributed by atoms with E-state index in [4.69, 9.17) is 14.7 Å². The third kappa shape index (κ3) is 5.18. The van der Waals surface area contributed by atoms with Crippen LogP contribution >= 0.6 is 0 Å².